The lowest BCUT2D eigenvalue weighted by molar-refractivity contribution is 0.0693. The van der Waals surface area contributed by atoms with Crippen molar-refractivity contribution in [2.45, 2.75) is 5.79 Å². The van der Waals surface area contributed by atoms with Gasteiger partial charge in [0.1, 0.15) is 17.1 Å². The Morgan fingerprint density at radius 3 is 2.72 bits per heavy atom. The summed E-state index contributed by atoms with van der Waals surface area (Å²) in [6.45, 7) is 0. The fourth-order valence-electron chi connectivity index (χ4n) is 1.62. The summed E-state index contributed by atoms with van der Waals surface area (Å²) in [7, 11) is 0. The average Bonchev–Trinajstić information content (AvgIpc) is 2.28. The van der Waals surface area contributed by atoms with Gasteiger partial charge in [-0.1, -0.05) is 6.07 Å². The van der Waals surface area contributed by atoms with Crippen LogP contribution < -0.4 is 16.8 Å². The van der Waals surface area contributed by atoms with Gasteiger partial charge in [-0.15, -0.1) is 0 Å². The number of aromatic hydroxyl groups is 1. The van der Waals surface area contributed by atoms with Crippen molar-refractivity contribution in [3.05, 3.63) is 41.6 Å². The second-order valence-corrected chi connectivity index (χ2v) is 3.82. The molecule has 1 aromatic carbocycles. The number of carboxylic acids is 1. The van der Waals surface area contributed by atoms with Crippen LogP contribution >= 0.6 is 0 Å². The van der Waals surface area contributed by atoms with E-state index in [2.05, 4.69) is 10.3 Å². The molecule has 2 rings (SSSR count). The molecule has 1 heterocycles. The van der Waals surface area contributed by atoms with Crippen LogP contribution in [0, 0.1) is 0 Å². The van der Waals surface area contributed by atoms with Gasteiger partial charge in [-0.05, 0) is 18.2 Å². The van der Waals surface area contributed by atoms with Gasteiger partial charge in [0.2, 0.25) is 5.79 Å². The van der Waals surface area contributed by atoms with E-state index in [1.807, 2.05) is 0 Å². The van der Waals surface area contributed by atoms with Crippen molar-refractivity contribution in [3.63, 3.8) is 0 Å². The topological polar surface area (TPSA) is 134 Å². The molecule has 1 aliphatic heterocycles. The zero-order valence-electron chi connectivity index (χ0n) is 9.29. The largest absolute Gasteiger partial charge is 0.507 e. The maximum atomic E-state index is 10.8. The number of hydrogen-bond acceptors (Lipinski definition) is 6. The van der Waals surface area contributed by atoms with Crippen LogP contribution in [0.3, 0.4) is 0 Å². The fraction of sp³-hybridized carbons (Fsp3) is 0.0909. The number of nitrogens with one attached hydrogen (secondary N) is 1. The third-order valence-corrected chi connectivity index (χ3v) is 2.53. The quantitative estimate of drug-likeness (QED) is 0.485. The van der Waals surface area contributed by atoms with E-state index in [-0.39, 0.29) is 17.1 Å². The highest BCUT2D eigenvalue weighted by Crippen LogP contribution is 2.25. The van der Waals surface area contributed by atoms with E-state index in [1.54, 1.807) is 0 Å². The summed E-state index contributed by atoms with van der Waals surface area (Å²) >= 11 is 0. The molecular formula is C11H12N4O3. The number of benzene rings is 1. The minimum atomic E-state index is -1.31. The standard InChI is InChI=1S/C11H12N4O3/c12-9-3-4-14-11(13,15-9)6-1-2-7(10(17)18)8(16)5-6/h1-5,14,16H,13H2,(H2,12,15)(H,17,18). The van der Waals surface area contributed by atoms with Crippen LogP contribution in [0.5, 0.6) is 5.75 Å². The Bertz CT molecular complexity index is 567. The van der Waals surface area contributed by atoms with E-state index >= 15 is 0 Å². The van der Waals surface area contributed by atoms with Crippen LogP contribution in [0.25, 0.3) is 0 Å². The second-order valence-electron chi connectivity index (χ2n) is 3.82. The van der Waals surface area contributed by atoms with Crippen molar-refractivity contribution in [1.82, 2.24) is 5.32 Å². The number of carbonyl (C=O) groups is 1. The zero-order chi connectivity index (χ0) is 13.3. The molecule has 0 fully saturated rings. The number of phenols is 1. The summed E-state index contributed by atoms with van der Waals surface area (Å²) < 4.78 is 0. The molecule has 94 valence electrons. The second kappa shape index (κ2) is 4.04. The Morgan fingerprint density at radius 1 is 1.44 bits per heavy atom. The molecule has 1 unspecified atom stereocenters. The number of nitrogens with two attached hydrogens (primary N) is 2. The van der Waals surface area contributed by atoms with Crippen LogP contribution in [-0.4, -0.2) is 22.0 Å². The lowest BCUT2D eigenvalue weighted by Crippen LogP contribution is -2.49. The van der Waals surface area contributed by atoms with Crippen molar-refractivity contribution in [1.29, 1.82) is 0 Å². The number of nitrogens with zero attached hydrogens (tertiary/aromatic N) is 1. The number of rotatable bonds is 2. The Labute approximate surface area is 102 Å². The normalized spacial score (nSPS) is 22.2. The van der Waals surface area contributed by atoms with E-state index in [1.165, 1.54) is 30.5 Å². The molecule has 0 aliphatic carbocycles. The first-order chi connectivity index (χ1) is 8.42. The Kier molecular flexibility index (Phi) is 2.68. The number of hydrogen-bond donors (Lipinski definition) is 5. The van der Waals surface area contributed by atoms with Gasteiger partial charge in [0, 0.05) is 11.8 Å². The fourth-order valence-corrected chi connectivity index (χ4v) is 1.62. The molecule has 0 amide bonds. The predicted molar refractivity (Wildman–Crippen MR) is 64.8 cm³/mol. The van der Waals surface area contributed by atoms with Gasteiger partial charge in [-0.2, -0.15) is 0 Å². The molecule has 18 heavy (non-hydrogen) atoms. The van der Waals surface area contributed by atoms with Crippen LogP contribution in [0.15, 0.2) is 35.5 Å². The molecule has 1 aliphatic rings. The molecule has 1 atom stereocenters. The van der Waals surface area contributed by atoms with Crippen molar-refractivity contribution >= 4 is 11.8 Å². The van der Waals surface area contributed by atoms with Crippen molar-refractivity contribution in [2.75, 3.05) is 0 Å². The molecule has 0 radical (unpaired) electrons. The highest BCUT2D eigenvalue weighted by atomic mass is 16.4. The molecule has 0 saturated heterocycles. The smallest absolute Gasteiger partial charge is 0.339 e. The number of aromatic carboxylic acids is 1. The predicted octanol–water partition coefficient (Wildman–Crippen LogP) is -0.367. The summed E-state index contributed by atoms with van der Waals surface area (Å²) in [5, 5.41) is 21.2. The summed E-state index contributed by atoms with van der Waals surface area (Å²) in [4.78, 5) is 14.8. The maximum Gasteiger partial charge on any atom is 0.339 e. The first-order valence-corrected chi connectivity index (χ1v) is 5.07. The van der Waals surface area contributed by atoms with Crippen LogP contribution in [0.2, 0.25) is 0 Å². The van der Waals surface area contributed by atoms with E-state index in [9.17, 15) is 9.90 Å². The Morgan fingerprint density at radius 2 is 2.17 bits per heavy atom. The minimum Gasteiger partial charge on any atom is -0.507 e. The minimum absolute atomic E-state index is 0.203. The summed E-state index contributed by atoms with van der Waals surface area (Å²) in [5.41, 5.74) is 11.7. The van der Waals surface area contributed by atoms with E-state index < -0.39 is 11.8 Å². The van der Waals surface area contributed by atoms with E-state index in [0.717, 1.165) is 0 Å². The Balaban J connectivity index is 2.44. The number of aliphatic imine (C=N–C) groups is 1. The first kappa shape index (κ1) is 11.9. The van der Waals surface area contributed by atoms with E-state index in [4.69, 9.17) is 16.6 Å². The molecule has 0 bridgehead atoms. The van der Waals surface area contributed by atoms with Crippen molar-refractivity contribution < 1.29 is 15.0 Å². The van der Waals surface area contributed by atoms with Gasteiger partial charge in [-0.25, -0.2) is 9.79 Å². The SMILES string of the molecule is NC1=NC(N)(c2ccc(C(=O)O)c(O)c2)NC=C1. The van der Waals surface area contributed by atoms with Crippen LogP contribution in [0.4, 0.5) is 0 Å². The van der Waals surface area contributed by atoms with Gasteiger partial charge in [0.25, 0.3) is 0 Å². The van der Waals surface area contributed by atoms with Gasteiger partial charge >= 0.3 is 5.97 Å². The zero-order valence-corrected chi connectivity index (χ0v) is 9.29. The van der Waals surface area contributed by atoms with E-state index in [0.29, 0.717) is 5.56 Å². The summed E-state index contributed by atoms with van der Waals surface area (Å²) in [6, 6.07) is 3.96. The molecule has 7 heteroatoms. The monoisotopic (exact) mass is 248 g/mol. The van der Waals surface area contributed by atoms with Gasteiger partial charge in [0.05, 0.1) is 0 Å². The lowest BCUT2D eigenvalue weighted by Gasteiger charge is -2.28. The first-order valence-electron chi connectivity index (χ1n) is 5.07. The maximum absolute atomic E-state index is 10.8. The van der Waals surface area contributed by atoms with Gasteiger partial charge < -0.3 is 21.3 Å². The van der Waals surface area contributed by atoms with Crippen LogP contribution in [0.1, 0.15) is 15.9 Å². The van der Waals surface area contributed by atoms with Gasteiger partial charge in [-0.3, -0.25) is 5.73 Å². The average molecular weight is 248 g/mol. The molecular weight excluding hydrogens is 236 g/mol. The molecule has 1 aromatic rings. The molecule has 7 N–H and O–H groups in total. The number of carboxylic acid groups (broad SMARTS) is 1. The lowest BCUT2D eigenvalue weighted by atomic mass is 10.0. The highest BCUT2D eigenvalue weighted by molar-refractivity contribution is 5.92. The van der Waals surface area contributed by atoms with Crippen LogP contribution in [-0.2, 0) is 5.79 Å². The van der Waals surface area contributed by atoms with Crippen molar-refractivity contribution in [3.8, 4) is 5.75 Å². The molecule has 0 spiro atoms. The third-order valence-electron chi connectivity index (χ3n) is 2.53. The van der Waals surface area contributed by atoms with Gasteiger partial charge in [0.15, 0.2) is 0 Å². The van der Waals surface area contributed by atoms with Crippen molar-refractivity contribution in [2.24, 2.45) is 16.5 Å². The summed E-state index contributed by atoms with van der Waals surface area (Å²) in [6.07, 6.45) is 3.07. The molecule has 0 saturated carbocycles. The molecule has 0 aromatic heterocycles. The Hall–Kier alpha value is -2.54. The molecule has 7 nitrogen and oxygen atoms in total. The third kappa shape index (κ3) is 1.98. The highest BCUT2D eigenvalue weighted by Gasteiger charge is 2.28. The summed E-state index contributed by atoms with van der Waals surface area (Å²) in [5.74, 6) is -2.68. The number of amidine groups is 1.